The van der Waals surface area contributed by atoms with E-state index in [4.69, 9.17) is 5.73 Å². The van der Waals surface area contributed by atoms with Crippen LogP contribution in [0.1, 0.15) is 37.2 Å². The second-order valence-corrected chi connectivity index (χ2v) is 6.46. The molecule has 1 aromatic rings. The van der Waals surface area contributed by atoms with Gasteiger partial charge in [0.25, 0.3) is 0 Å². The lowest BCUT2D eigenvalue weighted by atomic mass is 10.3. The van der Waals surface area contributed by atoms with E-state index < -0.39 is 0 Å². The molecule has 26 heavy (non-hydrogen) atoms. The van der Waals surface area contributed by atoms with E-state index in [9.17, 15) is 0 Å². The van der Waals surface area contributed by atoms with Gasteiger partial charge in [-0.2, -0.15) is 0 Å². The Hall–Kier alpha value is -1.80. The molecule has 2 aliphatic heterocycles. The number of hydrogen-bond acceptors (Lipinski definition) is 8. The summed E-state index contributed by atoms with van der Waals surface area (Å²) in [6, 6.07) is 0. The largest absolute Gasteiger partial charge is 0.344 e. The van der Waals surface area contributed by atoms with Crippen LogP contribution in [0.25, 0.3) is 0 Å². The van der Waals surface area contributed by atoms with Crippen molar-refractivity contribution in [3.05, 3.63) is 17.5 Å². The quantitative estimate of drug-likeness (QED) is 0.744. The summed E-state index contributed by atoms with van der Waals surface area (Å²) in [4.78, 5) is 20.9. The zero-order chi connectivity index (χ0) is 19.4. The van der Waals surface area contributed by atoms with Crippen LogP contribution < -0.4 is 11.1 Å². The highest BCUT2D eigenvalue weighted by Crippen LogP contribution is 2.10. The molecule has 3 heterocycles. The molecule has 3 rings (SSSR count). The van der Waals surface area contributed by atoms with Crippen LogP contribution in [-0.2, 0) is 0 Å². The van der Waals surface area contributed by atoms with Gasteiger partial charge in [-0.15, -0.1) is 0 Å². The van der Waals surface area contributed by atoms with Crippen molar-refractivity contribution in [1.82, 2.24) is 30.1 Å². The lowest BCUT2D eigenvalue weighted by molar-refractivity contribution is 0.498. The number of guanidine groups is 1. The maximum Gasteiger partial charge on any atom is 0.196 e. The summed E-state index contributed by atoms with van der Waals surface area (Å²) in [5.41, 5.74) is 5.25. The van der Waals surface area contributed by atoms with Crippen molar-refractivity contribution in [3.63, 3.8) is 0 Å². The lowest BCUT2D eigenvalue weighted by Crippen LogP contribution is -2.26. The number of aromatic nitrogens is 3. The molecule has 0 radical (unpaired) electrons. The average molecular weight is 365 g/mol. The van der Waals surface area contributed by atoms with Gasteiger partial charge in [0.2, 0.25) is 0 Å². The summed E-state index contributed by atoms with van der Waals surface area (Å²) >= 11 is 0. The van der Waals surface area contributed by atoms with Crippen molar-refractivity contribution < 1.29 is 0 Å². The Kier molecular flexibility index (Phi) is 10.7. The molecule has 1 fully saturated rings. The third-order valence-electron chi connectivity index (χ3n) is 3.95. The summed E-state index contributed by atoms with van der Waals surface area (Å²) in [5, 5.41) is 3.21. The molecule has 8 nitrogen and oxygen atoms in total. The minimum absolute atomic E-state index is 0.754. The van der Waals surface area contributed by atoms with Gasteiger partial charge in [-0.3, -0.25) is 4.99 Å². The van der Waals surface area contributed by atoms with Gasteiger partial charge < -0.3 is 20.9 Å². The third kappa shape index (κ3) is 8.53. The highest BCUT2D eigenvalue weighted by atomic mass is 15.4. The molecule has 0 amide bonds. The smallest absolute Gasteiger partial charge is 0.196 e. The van der Waals surface area contributed by atoms with Crippen LogP contribution in [-0.4, -0.2) is 83.6 Å². The molecule has 3 N–H and O–H groups in total. The fraction of sp³-hybridized carbons (Fsp3) is 0.778. The highest BCUT2D eigenvalue weighted by molar-refractivity contribution is 5.83. The molecule has 0 aromatic carbocycles. The van der Waals surface area contributed by atoms with Gasteiger partial charge in [0.05, 0.1) is 6.54 Å². The fourth-order valence-corrected chi connectivity index (χ4v) is 2.72. The number of nitrogens with one attached hydrogen (secondary N) is 1. The van der Waals surface area contributed by atoms with Gasteiger partial charge in [-0.25, -0.2) is 15.0 Å². The number of unbranched alkanes of at least 4 members (excludes halogenated alkanes) is 1. The van der Waals surface area contributed by atoms with Crippen molar-refractivity contribution in [3.8, 4) is 0 Å². The molecular weight excluding hydrogens is 328 g/mol. The Morgan fingerprint density at radius 1 is 0.962 bits per heavy atom. The SMILES string of the molecule is CCCCNCCN.CN1CCN2CCN=C12.Cc1nc(C)nc(C)n1. The predicted molar refractivity (Wildman–Crippen MR) is 107 cm³/mol. The van der Waals surface area contributed by atoms with Crippen molar-refractivity contribution in [2.24, 2.45) is 10.7 Å². The van der Waals surface area contributed by atoms with E-state index in [0.717, 1.165) is 56.7 Å². The summed E-state index contributed by atoms with van der Waals surface area (Å²) < 4.78 is 0. The van der Waals surface area contributed by atoms with Gasteiger partial charge in [0, 0.05) is 39.8 Å². The molecule has 0 aliphatic carbocycles. The first-order valence-corrected chi connectivity index (χ1v) is 9.55. The Morgan fingerprint density at radius 3 is 2.08 bits per heavy atom. The fourth-order valence-electron chi connectivity index (χ4n) is 2.72. The van der Waals surface area contributed by atoms with E-state index in [1.54, 1.807) is 0 Å². The van der Waals surface area contributed by atoms with Crippen molar-refractivity contribution in [1.29, 1.82) is 0 Å². The predicted octanol–water partition coefficient (Wildman–Crippen LogP) is 0.735. The number of nitrogens with two attached hydrogens (primary N) is 1. The van der Waals surface area contributed by atoms with Crippen LogP contribution in [0.15, 0.2) is 4.99 Å². The molecule has 148 valence electrons. The monoisotopic (exact) mass is 364 g/mol. The van der Waals surface area contributed by atoms with Crippen molar-refractivity contribution >= 4 is 5.96 Å². The molecule has 8 heteroatoms. The second-order valence-electron chi connectivity index (χ2n) is 6.46. The van der Waals surface area contributed by atoms with Crippen LogP contribution in [0.5, 0.6) is 0 Å². The van der Waals surface area contributed by atoms with E-state index in [0.29, 0.717) is 0 Å². The zero-order valence-electron chi connectivity index (χ0n) is 17.1. The molecule has 0 bridgehead atoms. The second kappa shape index (κ2) is 12.5. The molecular formula is C18H36N8. The van der Waals surface area contributed by atoms with Crippen LogP contribution in [0.3, 0.4) is 0 Å². The zero-order valence-corrected chi connectivity index (χ0v) is 17.1. The van der Waals surface area contributed by atoms with E-state index >= 15 is 0 Å². The minimum atomic E-state index is 0.754. The summed E-state index contributed by atoms with van der Waals surface area (Å²) in [5.74, 6) is 3.58. The molecule has 0 spiro atoms. The summed E-state index contributed by atoms with van der Waals surface area (Å²) in [6.07, 6.45) is 2.53. The Labute approximate surface area is 158 Å². The van der Waals surface area contributed by atoms with Crippen molar-refractivity contribution in [2.45, 2.75) is 40.5 Å². The normalized spacial score (nSPS) is 14.9. The first-order valence-electron chi connectivity index (χ1n) is 9.55. The number of aryl methyl sites for hydroxylation is 3. The summed E-state index contributed by atoms with van der Waals surface area (Å²) in [6.45, 7) is 15.1. The number of hydrogen-bond donors (Lipinski definition) is 2. The van der Waals surface area contributed by atoms with E-state index in [-0.39, 0.29) is 0 Å². The number of fused-ring (bicyclic) bond motifs is 1. The van der Waals surface area contributed by atoms with Gasteiger partial charge in [0.1, 0.15) is 17.5 Å². The molecule has 1 aromatic heterocycles. The van der Waals surface area contributed by atoms with E-state index in [1.165, 1.54) is 25.3 Å². The Morgan fingerprint density at radius 2 is 1.58 bits per heavy atom. The minimum Gasteiger partial charge on any atom is -0.344 e. The maximum atomic E-state index is 5.25. The van der Waals surface area contributed by atoms with Crippen LogP contribution >= 0.6 is 0 Å². The van der Waals surface area contributed by atoms with Gasteiger partial charge in [-0.1, -0.05) is 13.3 Å². The highest BCUT2D eigenvalue weighted by Gasteiger charge is 2.25. The maximum absolute atomic E-state index is 5.25. The Balaban J connectivity index is 0.000000196. The summed E-state index contributed by atoms with van der Waals surface area (Å²) in [7, 11) is 2.10. The van der Waals surface area contributed by atoms with Crippen LogP contribution in [0.4, 0.5) is 0 Å². The van der Waals surface area contributed by atoms with E-state index in [2.05, 4.69) is 49.0 Å². The molecule has 0 saturated carbocycles. The van der Waals surface area contributed by atoms with Gasteiger partial charge >= 0.3 is 0 Å². The number of nitrogens with zero attached hydrogens (tertiary/aromatic N) is 6. The number of aliphatic imine (C=N–C) groups is 1. The lowest BCUT2D eigenvalue weighted by Gasteiger charge is -2.11. The standard InChI is InChI=1S/C6H11N3.C6H9N3.C6H16N2/c1-8-4-5-9-3-2-7-6(8)9;1-4-7-5(2)9-6(3)8-4;1-2-3-5-8-6-4-7/h2-5H2,1H3;1-3H3;8H,2-7H2,1H3. The first-order chi connectivity index (χ1) is 12.5. The van der Waals surface area contributed by atoms with Crippen LogP contribution in [0.2, 0.25) is 0 Å². The third-order valence-corrected chi connectivity index (χ3v) is 3.95. The molecule has 0 atom stereocenters. The molecule has 1 saturated heterocycles. The number of rotatable bonds is 5. The average Bonchev–Trinajstić information content (AvgIpc) is 3.17. The molecule has 2 aliphatic rings. The first kappa shape index (κ1) is 22.2. The van der Waals surface area contributed by atoms with Crippen LogP contribution in [0, 0.1) is 20.8 Å². The van der Waals surface area contributed by atoms with E-state index in [1.807, 2.05) is 20.8 Å². The topological polar surface area (TPSA) is 95.6 Å². The Bertz CT molecular complexity index is 490. The van der Waals surface area contributed by atoms with Crippen molar-refractivity contribution in [2.75, 3.05) is 52.9 Å². The van der Waals surface area contributed by atoms with Gasteiger partial charge in [0.15, 0.2) is 5.96 Å². The van der Waals surface area contributed by atoms with Gasteiger partial charge in [-0.05, 0) is 33.7 Å². The molecule has 0 unspecified atom stereocenters. The number of likely N-dealkylation sites (N-methyl/N-ethyl adjacent to an activating group) is 1.